The lowest BCUT2D eigenvalue weighted by Gasteiger charge is -2.31. The average Bonchev–Trinajstić information content (AvgIpc) is 2.35. The molecule has 1 rings (SSSR count). The van der Waals surface area contributed by atoms with E-state index >= 15 is 0 Å². The van der Waals surface area contributed by atoms with Crippen LogP contribution < -0.4 is 0 Å². The summed E-state index contributed by atoms with van der Waals surface area (Å²) < 4.78 is 4.71. The molecule has 88 valence electrons. The van der Waals surface area contributed by atoms with Crippen LogP contribution in [0.2, 0.25) is 0 Å². The van der Waals surface area contributed by atoms with Crippen LogP contribution in [0.4, 0.5) is 0 Å². The number of piperidine rings is 1. The van der Waals surface area contributed by atoms with Crippen LogP contribution >= 0.6 is 11.8 Å². The highest BCUT2D eigenvalue weighted by Gasteiger charge is 2.26. The lowest BCUT2D eigenvalue weighted by molar-refractivity contribution is -0.146. The first kappa shape index (κ1) is 12.8. The number of thioether (sulfide) groups is 1. The van der Waals surface area contributed by atoms with Gasteiger partial charge in [0.15, 0.2) is 5.17 Å². The highest BCUT2D eigenvalue weighted by Crippen LogP contribution is 2.20. The molecule has 1 heterocycles. The Morgan fingerprint density at radius 3 is 2.62 bits per heavy atom. The molecule has 0 N–H and O–H groups in total. The fraction of sp³-hybridized carbons (Fsp3) is 0.700. The lowest BCUT2D eigenvalue weighted by Crippen LogP contribution is -2.39. The molecule has 1 saturated heterocycles. The van der Waals surface area contributed by atoms with Crippen molar-refractivity contribution in [1.29, 1.82) is 5.26 Å². The minimum Gasteiger partial charge on any atom is -0.469 e. The Morgan fingerprint density at radius 1 is 1.56 bits per heavy atom. The number of methoxy groups -OCH3 is 1. The van der Waals surface area contributed by atoms with Crippen LogP contribution in [0, 0.1) is 17.4 Å². The van der Waals surface area contributed by atoms with Crippen molar-refractivity contribution in [1.82, 2.24) is 4.90 Å². The third kappa shape index (κ3) is 3.14. The van der Waals surface area contributed by atoms with Crippen molar-refractivity contribution in [2.24, 2.45) is 10.9 Å². The summed E-state index contributed by atoms with van der Waals surface area (Å²) in [6.07, 6.45) is 5.21. The summed E-state index contributed by atoms with van der Waals surface area (Å²) in [5, 5.41) is 9.25. The van der Waals surface area contributed by atoms with Crippen molar-refractivity contribution in [2.45, 2.75) is 12.8 Å². The van der Waals surface area contributed by atoms with Crippen LogP contribution in [-0.2, 0) is 9.53 Å². The van der Waals surface area contributed by atoms with Gasteiger partial charge in [-0.1, -0.05) is 11.8 Å². The summed E-state index contributed by atoms with van der Waals surface area (Å²) in [4.78, 5) is 17.1. The molecule has 5 nitrogen and oxygen atoms in total. The average molecular weight is 241 g/mol. The molecule has 0 bridgehead atoms. The van der Waals surface area contributed by atoms with E-state index < -0.39 is 0 Å². The summed E-state index contributed by atoms with van der Waals surface area (Å²) in [5.41, 5.74) is 0. The predicted octanol–water partition coefficient (Wildman–Crippen LogP) is 1.07. The van der Waals surface area contributed by atoms with Gasteiger partial charge in [0, 0.05) is 13.1 Å². The number of likely N-dealkylation sites (tertiary alicyclic amines) is 1. The zero-order valence-electron chi connectivity index (χ0n) is 9.47. The summed E-state index contributed by atoms with van der Waals surface area (Å²) in [6, 6.07) is 0. The molecule has 16 heavy (non-hydrogen) atoms. The summed E-state index contributed by atoms with van der Waals surface area (Å²) in [5.74, 6) is -0.144. The maximum atomic E-state index is 11.3. The molecule has 0 radical (unpaired) electrons. The number of ether oxygens (including phenoxy) is 1. The van der Waals surface area contributed by atoms with Gasteiger partial charge in [-0.05, 0) is 19.1 Å². The lowest BCUT2D eigenvalue weighted by atomic mass is 9.97. The first-order chi connectivity index (χ1) is 7.72. The number of carbonyl (C=O) groups is 1. The standard InChI is InChI=1S/C10H15N3O2S/c1-15-9(14)8-3-5-13(6-4-8)10(16-2)12-7-11/h8H,3-6H2,1-2H3. The van der Waals surface area contributed by atoms with Crippen LogP contribution in [-0.4, -0.2) is 42.5 Å². The van der Waals surface area contributed by atoms with E-state index in [0.717, 1.165) is 31.1 Å². The van der Waals surface area contributed by atoms with E-state index in [1.165, 1.54) is 18.9 Å². The van der Waals surface area contributed by atoms with Gasteiger partial charge >= 0.3 is 5.97 Å². The zero-order chi connectivity index (χ0) is 12.0. The molecule has 1 aliphatic rings. The van der Waals surface area contributed by atoms with Gasteiger partial charge in [-0.2, -0.15) is 5.26 Å². The maximum absolute atomic E-state index is 11.3. The zero-order valence-corrected chi connectivity index (χ0v) is 10.3. The number of aliphatic imine (C=N–C) groups is 1. The first-order valence-corrected chi connectivity index (χ1v) is 6.29. The van der Waals surface area contributed by atoms with E-state index in [4.69, 9.17) is 10.00 Å². The quantitative estimate of drug-likeness (QED) is 0.297. The fourth-order valence-electron chi connectivity index (χ4n) is 1.76. The number of amidine groups is 1. The van der Waals surface area contributed by atoms with Gasteiger partial charge in [0.1, 0.15) is 0 Å². The minimum atomic E-state index is -0.137. The molecule has 0 unspecified atom stereocenters. The van der Waals surface area contributed by atoms with Crippen molar-refractivity contribution < 1.29 is 9.53 Å². The number of rotatable bonds is 1. The highest BCUT2D eigenvalue weighted by atomic mass is 32.2. The second kappa shape index (κ2) is 6.38. The second-order valence-corrected chi connectivity index (χ2v) is 4.26. The number of carbonyl (C=O) groups excluding carboxylic acids is 1. The molecule has 0 spiro atoms. The topological polar surface area (TPSA) is 65.7 Å². The van der Waals surface area contributed by atoms with Crippen LogP contribution in [0.15, 0.2) is 4.99 Å². The SMILES string of the molecule is COC(=O)C1CCN(C(=NC#N)SC)CC1. The van der Waals surface area contributed by atoms with Crippen molar-refractivity contribution in [3.63, 3.8) is 0 Å². The number of esters is 1. The van der Waals surface area contributed by atoms with E-state index in [1.54, 1.807) is 6.19 Å². The molecule has 0 atom stereocenters. The van der Waals surface area contributed by atoms with Crippen LogP contribution in [0.3, 0.4) is 0 Å². The molecule has 0 aromatic carbocycles. The number of hydrogen-bond acceptors (Lipinski definition) is 5. The Bertz CT molecular complexity index is 317. The third-order valence-corrected chi connectivity index (χ3v) is 3.34. The molecule has 0 aromatic heterocycles. The van der Waals surface area contributed by atoms with Gasteiger partial charge in [-0.3, -0.25) is 4.79 Å². The van der Waals surface area contributed by atoms with E-state index in [1.807, 2.05) is 11.2 Å². The van der Waals surface area contributed by atoms with E-state index in [9.17, 15) is 4.79 Å². The number of hydrogen-bond donors (Lipinski definition) is 0. The summed E-state index contributed by atoms with van der Waals surface area (Å²) in [6.45, 7) is 1.50. The minimum absolute atomic E-state index is 0.00792. The molecule has 0 aliphatic carbocycles. The predicted molar refractivity (Wildman–Crippen MR) is 62.9 cm³/mol. The van der Waals surface area contributed by atoms with Crippen molar-refractivity contribution in [3.05, 3.63) is 0 Å². The molecule has 0 saturated carbocycles. The van der Waals surface area contributed by atoms with E-state index in [0.29, 0.717) is 0 Å². The molecule has 0 amide bonds. The molecule has 1 aliphatic heterocycles. The van der Waals surface area contributed by atoms with Gasteiger partial charge in [0.25, 0.3) is 0 Å². The van der Waals surface area contributed by atoms with Gasteiger partial charge in [0.2, 0.25) is 6.19 Å². The van der Waals surface area contributed by atoms with Crippen LogP contribution in [0.25, 0.3) is 0 Å². The number of nitrogens with zero attached hydrogens (tertiary/aromatic N) is 3. The van der Waals surface area contributed by atoms with Crippen molar-refractivity contribution >= 4 is 22.9 Å². The van der Waals surface area contributed by atoms with Crippen molar-refractivity contribution in [3.8, 4) is 6.19 Å². The Hall–Kier alpha value is -1.22. The first-order valence-electron chi connectivity index (χ1n) is 5.06. The summed E-state index contributed by atoms with van der Waals surface area (Å²) >= 11 is 1.45. The maximum Gasteiger partial charge on any atom is 0.308 e. The highest BCUT2D eigenvalue weighted by molar-refractivity contribution is 8.13. The second-order valence-electron chi connectivity index (χ2n) is 3.48. The largest absolute Gasteiger partial charge is 0.469 e. The molecular weight excluding hydrogens is 226 g/mol. The molecule has 6 heteroatoms. The molecule has 1 fully saturated rings. The fourth-order valence-corrected chi connectivity index (χ4v) is 2.33. The summed E-state index contributed by atoms with van der Waals surface area (Å²) in [7, 11) is 1.42. The van der Waals surface area contributed by atoms with Gasteiger partial charge < -0.3 is 9.64 Å². The molecule has 0 aromatic rings. The molecular formula is C10H15N3O2S. The Balaban J connectivity index is 2.52. The van der Waals surface area contributed by atoms with E-state index in [2.05, 4.69) is 4.99 Å². The van der Waals surface area contributed by atoms with Gasteiger partial charge in [0.05, 0.1) is 13.0 Å². The van der Waals surface area contributed by atoms with Gasteiger partial charge in [-0.15, -0.1) is 4.99 Å². The van der Waals surface area contributed by atoms with Crippen LogP contribution in [0.1, 0.15) is 12.8 Å². The number of nitriles is 1. The van der Waals surface area contributed by atoms with E-state index in [-0.39, 0.29) is 11.9 Å². The Labute approximate surface area is 99.5 Å². The Morgan fingerprint density at radius 2 is 2.19 bits per heavy atom. The Kier molecular flexibility index (Phi) is 5.12. The van der Waals surface area contributed by atoms with Crippen LogP contribution in [0.5, 0.6) is 0 Å². The smallest absolute Gasteiger partial charge is 0.308 e. The van der Waals surface area contributed by atoms with Gasteiger partial charge in [-0.25, -0.2) is 0 Å². The monoisotopic (exact) mass is 241 g/mol. The normalized spacial score (nSPS) is 18.1. The van der Waals surface area contributed by atoms with Crippen molar-refractivity contribution in [2.75, 3.05) is 26.5 Å². The third-order valence-electron chi connectivity index (χ3n) is 2.63.